The van der Waals surface area contributed by atoms with Crippen molar-refractivity contribution >= 4 is 28.9 Å². The first-order valence-corrected chi connectivity index (χ1v) is 10.1. The third-order valence-electron chi connectivity index (χ3n) is 5.12. The lowest BCUT2D eigenvalue weighted by molar-refractivity contribution is -0.116. The van der Waals surface area contributed by atoms with E-state index in [-0.39, 0.29) is 30.1 Å². The minimum absolute atomic E-state index is 0.102. The Morgan fingerprint density at radius 1 is 1.23 bits per heavy atom. The van der Waals surface area contributed by atoms with E-state index in [9.17, 15) is 9.18 Å². The number of aromatic nitrogens is 2. The first-order chi connectivity index (χ1) is 14.5. The molecule has 2 aromatic heterocycles. The maximum absolute atomic E-state index is 13.8. The van der Waals surface area contributed by atoms with Crippen molar-refractivity contribution in [2.75, 3.05) is 11.9 Å². The molecule has 0 spiro atoms. The quantitative estimate of drug-likeness (QED) is 0.594. The van der Waals surface area contributed by atoms with Crippen LogP contribution in [0.25, 0.3) is 0 Å². The third-order valence-corrected chi connectivity index (χ3v) is 5.47. The van der Waals surface area contributed by atoms with Crippen molar-refractivity contribution in [3.05, 3.63) is 84.2 Å². The van der Waals surface area contributed by atoms with E-state index in [1.54, 1.807) is 24.4 Å². The van der Waals surface area contributed by atoms with Crippen LogP contribution in [0.3, 0.4) is 0 Å². The van der Waals surface area contributed by atoms with Gasteiger partial charge in [0.2, 0.25) is 5.91 Å². The SMILES string of the molecule is Cn1ccc([C@H]2[C@H](c3ccccn3)NC(=S)N2CCC(=O)Nc2ccccc2F)c1. The van der Waals surface area contributed by atoms with E-state index < -0.39 is 5.82 Å². The zero-order valence-electron chi connectivity index (χ0n) is 16.5. The first-order valence-electron chi connectivity index (χ1n) is 9.67. The standard InChI is InChI=1S/C22H22FN5OS/c1-27-12-9-15(14-27)21-20(18-8-4-5-11-24-18)26-22(30)28(21)13-10-19(29)25-17-7-3-2-6-16(17)23/h2-9,11-12,14,20-21H,10,13H2,1H3,(H,25,29)(H,26,30)/t20-,21-/m0/s1. The number of para-hydroxylation sites is 1. The molecule has 2 N–H and O–H groups in total. The second kappa shape index (κ2) is 8.62. The third kappa shape index (κ3) is 4.18. The van der Waals surface area contributed by atoms with Gasteiger partial charge in [0.15, 0.2) is 5.11 Å². The van der Waals surface area contributed by atoms with Crippen LogP contribution in [0.15, 0.2) is 67.1 Å². The largest absolute Gasteiger partial charge is 0.357 e. The topological polar surface area (TPSA) is 62.2 Å². The van der Waals surface area contributed by atoms with Crippen LogP contribution in [0.1, 0.15) is 29.8 Å². The van der Waals surface area contributed by atoms with Gasteiger partial charge in [-0.1, -0.05) is 18.2 Å². The number of carbonyl (C=O) groups is 1. The summed E-state index contributed by atoms with van der Waals surface area (Å²) in [4.78, 5) is 18.9. The minimum Gasteiger partial charge on any atom is -0.357 e. The smallest absolute Gasteiger partial charge is 0.226 e. The van der Waals surface area contributed by atoms with Crippen LogP contribution < -0.4 is 10.6 Å². The molecule has 1 fully saturated rings. The Labute approximate surface area is 179 Å². The van der Waals surface area contributed by atoms with Crippen molar-refractivity contribution in [3.8, 4) is 0 Å². The van der Waals surface area contributed by atoms with Crippen LogP contribution in [-0.2, 0) is 11.8 Å². The van der Waals surface area contributed by atoms with E-state index in [2.05, 4.69) is 15.6 Å². The van der Waals surface area contributed by atoms with Gasteiger partial charge < -0.3 is 20.1 Å². The van der Waals surface area contributed by atoms with E-state index in [1.165, 1.54) is 6.07 Å². The summed E-state index contributed by atoms with van der Waals surface area (Å²) in [6.45, 7) is 0.398. The van der Waals surface area contributed by atoms with Gasteiger partial charge in [-0.2, -0.15) is 0 Å². The van der Waals surface area contributed by atoms with Crippen LogP contribution in [0.4, 0.5) is 10.1 Å². The van der Waals surface area contributed by atoms with Gasteiger partial charge >= 0.3 is 0 Å². The number of halogens is 1. The Kier molecular flexibility index (Phi) is 5.76. The molecule has 0 saturated carbocycles. The Balaban J connectivity index is 1.52. The first kappa shape index (κ1) is 20.0. The van der Waals surface area contributed by atoms with Gasteiger partial charge in [-0.15, -0.1) is 0 Å². The summed E-state index contributed by atoms with van der Waals surface area (Å²) < 4.78 is 15.8. The lowest BCUT2D eigenvalue weighted by Gasteiger charge is -2.27. The molecule has 1 aromatic carbocycles. The summed E-state index contributed by atoms with van der Waals surface area (Å²) in [6.07, 6.45) is 5.96. The highest BCUT2D eigenvalue weighted by atomic mass is 32.1. The molecule has 4 rings (SSSR count). The Morgan fingerprint density at radius 2 is 2.03 bits per heavy atom. The normalized spacial score (nSPS) is 18.3. The molecule has 1 amide bonds. The average molecular weight is 424 g/mol. The van der Waals surface area contributed by atoms with Crippen LogP contribution in [-0.4, -0.2) is 32.0 Å². The molecule has 6 nitrogen and oxygen atoms in total. The minimum atomic E-state index is -0.457. The number of anilines is 1. The van der Waals surface area contributed by atoms with Crippen LogP contribution >= 0.6 is 12.2 Å². The maximum Gasteiger partial charge on any atom is 0.226 e. The molecular weight excluding hydrogens is 401 g/mol. The molecular formula is C22H22FN5OS. The van der Waals surface area contributed by atoms with Gasteiger partial charge in [-0.3, -0.25) is 9.78 Å². The average Bonchev–Trinajstić information content (AvgIpc) is 3.31. The fraction of sp³-hybridized carbons (Fsp3) is 0.227. The molecule has 0 bridgehead atoms. The zero-order valence-corrected chi connectivity index (χ0v) is 17.3. The molecule has 30 heavy (non-hydrogen) atoms. The monoisotopic (exact) mass is 423 g/mol. The molecule has 1 aliphatic rings. The molecule has 154 valence electrons. The molecule has 8 heteroatoms. The van der Waals surface area contributed by atoms with E-state index in [0.717, 1.165) is 11.3 Å². The number of amides is 1. The van der Waals surface area contributed by atoms with Crippen LogP contribution in [0.2, 0.25) is 0 Å². The van der Waals surface area contributed by atoms with Gasteiger partial charge in [0, 0.05) is 38.6 Å². The van der Waals surface area contributed by atoms with Crippen molar-refractivity contribution in [1.29, 1.82) is 0 Å². The van der Waals surface area contributed by atoms with Gasteiger partial charge in [0.05, 0.1) is 23.5 Å². The summed E-state index contributed by atoms with van der Waals surface area (Å²) in [7, 11) is 1.96. The molecule has 0 radical (unpaired) electrons. The Bertz CT molecular complexity index is 1050. The Hall–Kier alpha value is -3.26. The van der Waals surface area contributed by atoms with E-state index in [1.807, 2.05) is 53.2 Å². The summed E-state index contributed by atoms with van der Waals surface area (Å²) in [5.41, 5.74) is 2.14. The number of nitrogens with one attached hydrogen (secondary N) is 2. The van der Waals surface area contributed by atoms with Gasteiger partial charge in [-0.05, 0) is 48.1 Å². The molecule has 0 aliphatic carbocycles. The van der Waals surface area contributed by atoms with Crippen molar-refractivity contribution in [2.24, 2.45) is 7.05 Å². The zero-order chi connectivity index (χ0) is 21.1. The van der Waals surface area contributed by atoms with Crippen molar-refractivity contribution in [2.45, 2.75) is 18.5 Å². The van der Waals surface area contributed by atoms with Gasteiger partial charge in [0.25, 0.3) is 0 Å². The number of rotatable bonds is 6. The maximum atomic E-state index is 13.8. The molecule has 3 aromatic rings. The fourth-order valence-electron chi connectivity index (χ4n) is 3.71. The van der Waals surface area contributed by atoms with Crippen LogP contribution in [0.5, 0.6) is 0 Å². The Morgan fingerprint density at radius 3 is 2.73 bits per heavy atom. The van der Waals surface area contributed by atoms with E-state index >= 15 is 0 Å². The number of nitrogens with zero attached hydrogens (tertiary/aromatic N) is 3. The summed E-state index contributed by atoms with van der Waals surface area (Å²) in [6, 6.07) is 13.7. The lowest BCUT2D eigenvalue weighted by Crippen LogP contribution is -2.32. The van der Waals surface area contributed by atoms with Crippen molar-refractivity contribution in [3.63, 3.8) is 0 Å². The highest BCUT2D eigenvalue weighted by molar-refractivity contribution is 7.80. The van der Waals surface area contributed by atoms with E-state index in [4.69, 9.17) is 12.2 Å². The number of carbonyl (C=O) groups excluding carboxylic acids is 1. The lowest BCUT2D eigenvalue weighted by atomic mass is 9.99. The molecule has 3 heterocycles. The second-order valence-corrected chi connectivity index (χ2v) is 7.60. The van der Waals surface area contributed by atoms with Gasteiger partial charge in [0.1, 0.15) is 5.82 Å². The number of aryl methyl sites for hydroxylation is 1. The highest BCUT2D eigenvalue weighted by Crippen LogP contribution is 2.38. The summed E-state index contributed by atoms with van der Waals surface area (Å²) in [5, 5.41) is 6.55. The number of pyridine rings is 1. The summed E-state index contributed by atoms with van der Waals surface area (Å²) in [5.74, 6) is -0.724. The number of benzene rings is 1. The van der Waals surface area contributed by atoms with Gasteiger partial charge in [-0.25, -0.2) is 4.39 Å². The molecule has 1 saturated heterocycles. The molecule has 0 unspecified atom stereocenters. The number of hydrogen-bond acceptors (Lipinski definition) is 3. The fourth-order valence-corrected chi connectivity index (χ4v) is 4.04. The van der Waals surface area contributed by atoms with Crippen molar-refractivity contribution in [1.82, 2.24) is 19.8 Å². The van der Waals surface area contributed by atoms with Crippen molar-refractivity contribution < 1.29 is 9.18 Å². The van der Waals surface area contributed by atoms with Crippen LogP contribution in [0, 0.1) is 5.82 Å². The highest BCUT2D eigenvalue weighted by Gasteiger charge is 2.40. The molecule has 1 aliphatic heterocycles. The number of thiocarbonyl (C=S) groups is 1. The summed E-state index contributed by atoms with van der Waals surface area (Å²) >= 11 is 5.59. The predicted molar refractivity (Wildman–Crippen MR) is 117 cm³/mol. The molecule has 2 atom stereocenters. The number of hydrogen-bond donors (Lipinski definition) is 2. The second-order valence-electron chi connectivity index (χ2n) is 7.21. The van der Waals surface area contributed by atoms with E-state index in [0.29, 0.717) is 11.7 Å². The predicted octanol–water partition coefficient (Wildman–Crippen LogP) is 3.56.